The van der Waals surface area contributed by atoms with Crippen LogP contribution in [0.3, 0.4) is 0 Å². The first kappa shape index (κ1) is 15.0. The molecular weight excluding hydrogens is 248 g/mol. The van der Waals surface area contributed by atoms with Gasteiger partial charge in [0.25, 0.3) is 0 Å². The lowest BCUT2D eigenvalue weighted by atomic mass is 9.87. The number of hydrogen-bond acceptors (Lipinski definition) is 2. The van der Waals surface area contributed by atoms with Crippen molar-refractivity contribution in [2.75, 3.05) is 18.9 Å². The molecule has 1 aromatic carbocycles. The van der Waals surface area contributed by atoms with E-state index >= 15 is 0 Å². The summed E-state index contributed by atoms with van der Waals surface area (Å²) in [6.45, 7) is 7.68. The van der Waals surface area contributed by atoms with Gasteiger partial charge in [0.15, 0.2) is 0 Å². The summed E-state index contributed by atoms with van der Waals surface area (Å²) in [4.78, 5) is 14.3. The van der Waals surface area contributed by atoms with E-state index < -0.39 is 0 Å². The van der Waals surface area contributed by atoms with Gasteiger partial charge in [-0.15, -0.1) is 0 Å². The van der Waals surface area contributed by atoms with Crippen LogP contribution in [0.25, 0.3) is 0 Å². The van der Waals surface area contributed by atoms with Gasteiger partial charge in [0.05, 0.1) is 0 Å². The molecule has 1 atom stereocenters. The Morgan fingerprint density at radius 1 is 1.30 bits per heavy atom. The highest BCUT2D eigenvalue weighted by atomic mass is 16.1. The van der Waals surface area contributed by atoms with E-state index in [1.807, 2.05) is 12.1 Å². The monoisotopic (exact) mass is 274 g/mol. The molecule has 1 fully saturated rings. The van der Waals surface area contributed by atoms with Crippen LogP contribution in [-0.4, -0.2) is 30.4 Å². The second-order valence-electron chi connectivity index (χ2n) is 6.86. The van der Waals surface area contributed by atoms with E-state index in [-0.39, 0.29) is 11.3 Å². The van der Waals surface area contributed by atoms with Crippen LogP contribution >= 0.6 is 0 Å². The summed E-state index contributed by atoms with van der Waals surface area (Å²) in [5.74, 6) is 0.118. The Morgan fingerprint density at radius 3 is 2.45 bits per heavy atom. The number of likely N-dealkylation sites (tertiary alicyclic amines) is 1. The van der Waals surface area contributed by atoms with Crippen molar-refractivity contribution < 1.29 is 4.79 Å². The van der Waals surface area contributed by atoms with Crippen LogP contribution in [0.4, 0.5) is 5.69 Å². The van der Waals surface area contributed by atoms with Gasteiger partial charge in [0, 0.05) is 18.2 Å². The summed E-state index contributed by atoms with van der Waals surface area (Å²) in [7, 11) is 2.10. The van der Waals surface area contributed by atoms with Crippen molar-refractivity contribution in [1.82, 2.24) is 4.90 Å². The summed E-state index contributed by atoms with van der Waals surface area (Å²) >= 11 is 0. The molecule has 0 spiro atoms. The fourth-order valence-corrected chi connectivity index (χ4v) is 2.72. The third-order valence-corrected chi connectivity index (χ3v) is 4.13. The molecule has 2 rings (SSSR count). The molecule has 0 saturated carbocycles. The molecule has 1 heterocycles. The lowest BCUT2D eigenvalue weighted by Gasteiger charge is -2.20. The number of carbonyl (C=O) groups is 1. The summed E-state index contributed by atoms with van der Waals surface area (Å²) in [6, 6.07) is 8.59. The van der Waals surface area contributed by atoms with Crippen molar-refractivity contribution in [3.63, 3.8) is 0 Å². The number of benzene rings is 1. The van der Waals surface area contributed by atoms with E-state index in [0.29, 0.717) is 12.5 Å². The Hall–Kier alpha value is -1.35. The largest absolute Gasteiger partial charge is 0.326 e. The molecule has 1 amide bonds. The first-order valence-corrected chi connectivity index (χ1v) is 7.47. The highest BCUT2D eigenvalue weighted by Crippen LogP contribution is 2.24. The molecular formula is C17H26N2O. The van der Waals surface area contributed by atoms with Gasteiger partial charge in [0.2, 0.25) is 5.91 Å². The maximum atomic E-state index is 12.1. The van der Waals surface area contributed by atoms with Gasteiger partial charge in [0.1, 0.15) is 0 Å². The average Bonchev–Trinajstić information content (AvgIpc) is 2.74. The predicted molar refractivity (Wildman–Crippen MR) is 84.0 cm³/mol. The first-order chi connectivity index (χ1) is 9.36. The third kappa shape index (κ3) is 3.83. The van der Waals surface area contributed by atoms with Crippen LogP contribution in [0.5, 0.6) is 0 Å². The van der Waals surface area contributed by atoms with Crippen molar-refractivity contribution in [1.29, 1.82) is 0 Å². The van der Waals surface area contributed by atoms with Crippen molar-refractivity contribution in [3.05, 3.63) is 29.8 Å². The molecule has 1 aliphatic rings. The van der Waals surface area contributed by atoms with Gasteiger partial charge in [-0.05, 0) is 49.5 Å². The van der Waals surface area contributed by atoms with Crippen LogP contribution in [-0.2, 0) is 10.2 Å². The summed E-state index contributed by atoms with van der Waals surface area (Å²) < 4.78 is 0. The van der Waals surface area contributed by atoms with Crippen molar-refractivity contribution >= 4 is 11.6 Å². The maximum absolute atomic E-state index is 12.1. The maximum Gasteiger partial charge on any atom is 0.225 e. The van der Waals surface area contributed by atoms with Crippen LogP contribution in [0.1, 0.15) is 45.6 Å². The molecule has 0 aromatic heterocycles. The first-order valence-electron chi connectivity index (χ1n) is 7.47. The molecule has 1 aliphatic heterocycles. The molecule has 1 N–H and O–H groups in total. The van der Waals surface area contributed by atoms with Crippen molar-refractivity contribution in [2.24, 2.45) is 0 Å². The van der Waals surface area contributed by atoms with E-state index in [2.05, 4.69) is 50.2 Å². The molecule has 1 unspecified atom stereocenters. The van der Waals surface area contributed by atoms with Crippen molar-refractivity contribution in [2.45, 2.75) is 51.5 Å². The molecule has 0 aliphatic carbocycles. The standard InChI is InChI=1S/C17H26N2O/c1-17(2,3)13-7-9-14(10-8-13)18-16(20)12-15-6-5-11-19(15)4/h7-10,15H,5-6,11-12H2,1-4H3,(H,18,20). The van der Waals surface area contributed by atoms with Gasteiger partial charge in [-0.3, -0.25) is 4.79 Å². The Kier molecular flexibility index (Phi) is 4.48. The smallest absolute Gasteiger partial charge is 0.225 e. The van der Waals surface area contributed by atoms with Crippen LogP contribution in [0, 0.1) is 0 Å². The lowest BCUT2D eigenvalue weighted by molar-refractivity contribution is -0.117. The van der Waals surface area contributed by atoms with E-state index in [1.165, 1.54) is 12.0 Å². The zero-order valence-electron chi connectivity index (χ0n) is 13.1. The van der Waals surface area contributed by atoms with Gasteiger partial charge in [-0.1, -0.05) is 32.9 Å². The Morgan fingerprint density at radius 2 is 1.95 bits per heavy atom. The van der Waals surface area contributed by atoms with Crippen LogP contribution < -0.4 is 5.32 Å². The number of nitrogens with zero attached hydrogens (tertiary/aromatic N) is 1. The molecule has 3 nitrogen and oxygen atoms in total. The second kappa shape index (κ2) is 5.96. The number of anilines is 1. The van der Waals surface area contributed by atoms with E-state index in [9.17, 15) is 4.79 Å². The average molecular weight is 274 g/mol. The SMILES string of the molecule is CN1CCCC1CC(=O)Nc1ccc(C(C)(C)C)cc1. The molecule has 110 valence electrons. The minimum Gasteiger partial charge on any atom is -0.326 e. The highest BCUT2D eigenvalue weighted by molar-refractivity contribution is 5.91. The Balaban J connectivity index is 1.91. The van der Waals surface area contributed by atoms with E-state index in [0.717, 1.165) is 18.7 Å². The van der Waals surface area contributed by atoms with Gasteiger partial charge < -0.3 is 10.2 Å². The zero-order valence-corrected chi connectivity index (χ0v) is 13.1. The summed E-state index contributed by atoms with van der Waals surface area (Å²) in [6.07, 6.45) is 2.93. The van der Waals surface area contributed by atoms with Gasteiger partial charge in [-0.2, -0.15) is 0 Å². The molecule has 0 radical (unpaired) electrons. The fourth-order valence-electron chi connectivity index (χ4n) is 2.72. The number of carbonyl (C=O) groups excluding carboxylic acids is 1. The van der Waals surface area contributed by atoms with Crippen LogP contribution in [0.2, 0.25) is 0 Å². The number of amides is 1. The van der Waals surface area contributed by atoms with Gasteiger partial charge in [-0.25, -0.2) is 0 Å². The second-order valence-corrected chi connectivity index (χ2v) is 6.86. The van der Waals surface area contributed by atoms with E-state index in [4.69, 9.17) is 0 Å². The molecule has 1 aromatic rings. The minimum absolute atomic E-state index is 0.118. The molecule has 0 bridgehead atoms. The number of hydrogen-bond donors (Lipinski definition) is 1. The van der Waals surface area contributed by atoms with Gasteiger partial charge >= 0.3 is 0 Å². The zero-order chi connectivity index (χ0) is 14.8. The third-order valence-electron chi connectivity index (χ3n) is 4.13. The molecule has 20 heavy (non-hydrogen) atoms. The number of nitrogens with one attached hydrogen (secondary N) is 1. The Labute approximate surface area is 122 Å². The quantitative estimate of drug-likeness (QED) is 0.916. The molecule has 1 saturated heterocycles. The number of rotatable bonds is 3. The summed E-state index contributed by atoms with van der Waals surface area (Å²) in [5.41, 5.74) is 2.32. The Bertz CT molecular complexity index is 459. The normalized spacial score (nSPS) is 20.1. The molecule has 3 heteroatoms. The minimum atomic E-state index is 0.118. The highest BCUT2D eigenvalue weighted by Gasteiger charge is 2.23. The fraction of sp³-hybridized carbons (Fsp3) is 0.588. The van der Waals surface area contributed by atoms with Crippen LogP contribution in [0.15, 0.2) is 24.3 Å². The summed E-state index contributed by atoms with van der Waals surface area (Å²) in [5, 5.41) is 3.00. The predicted octanol–water partition coefficient (Wildman–Crippen LogP) is 3.41. The van der Waals surface area contributed by atoms with Crippen molar-refractivity contribution in [3.8, 4) is 0 Å². The topological polar surface area (TPSA) is 32.3 Å². The lowest BCUT2D eigenvalue weighted by Crippen LogP contribution is -2.29. The van der Waals surface area contributed by atoms with E-state index in [1.54, 1.807) is 0 Å².